The smallest absolute Gasteiger partial charge is 0.305 e. The van der Waals surface area contributed by atoms with Crippen molar-refractivity contribution in [3.05, 3.63) is 58.0 Å². The fourth-order valence-corrected chi connectivity index (χ4v) is 2.37. The topological polar surface area (TPSA) is 81.5 Å². The van der Waals surface area contributed by atoms with Crippen LogP contribution >= 0.6 is 0 Å². The first-order valence-corrected chi connectivity index (χ1v) is 7.92. The number of ether oxygens (including phenoxy) is 1. The number of aryl methyl sites for hydroxylation is 1. The summed E-state index contributed by atoms with van der Waals surface area (Å²) < 4.78 is 6.13. The van der Waals surface area contributed by atoms with Crippen molar-refractivity contribution < 1.29 is 14.3 Å². The van der Waals surface area contributed by atoms with Crippen molar-refractivity contribution in [2.75, 3.05) is 20.7 Å². The molecule has 1 aromatic heterocycles. The minimum atomic E-state index is -0.473. The third kappa shape index (κ3) is 4.53. The number of nitrogens with zero attached hydrogens (tertiary/aromatic N) is 3. The zero-order chi connectivity index (χ0) is 18.4. The summed E-state index contributed by atoms with van der Waals surface area (Å²) in [6.07, 6.45) is 0.664. The number of hydrogen-bond acceptors (Lipinski definition) is 5. The number of aromatic nitrogens is 2. The highest BCUT2D eigenvalue weighted by Crippen LogP contribution is 2.08. The molecular weight excluding hydrogens is 322 g/mol. The van der Waals surface area contributed by atoms with Crippen molar-refractivity contribution in [3.63, 3.8) is 0 Å². The van der Waals surface area contributed by atoms with Crippen molar-refractivity contribution in [2.24, 2.45) is 0 Å². The van der Waals surface area contributed by atoms with Gasteiger partial charge in [-0.15, -0.1) is 0 Å². The van der Waals surface area contributed by atoms with E-state index in [4.69, 9.17) is 0 Å². The Kier molecular flexibility index (Phi) is 6.05. The van der Waals surface area contributed by atoms with Crippen LogP contribution in [0, 0.1) is 6.92 Å². The first-order chi connectivity index (χ1) is 11.9. The van der Waals surface area contributed by atoms with Gasteiger partial charge in [-0.05, 0) is 25.5 Å². The Balaban J connectivity index is 2.22. The molecule has 7 nitrogen and oxygen atoms in total. The van der Waals surface area contributed by atoms with Gasteiger partial charge in [0, 0.05) is 31.8 Å². The number of carbonyl (C=O) groups is 2. The second-order valence-electron chi connectivity index (χ2n) is 5.65. The van der Waals surface area contributed by atoms with E-state index in [-0.39, 0.29) is 18.1 Å². The summed E-state index contributed by atoms with van der Waals surface area (Å²) in [6, 6.07) is 10.7. The van der Waals surface area contributed by atoms with E-state index >= 15 is 0 Å². The van der Waals surface area contributed by atoms with Gasteiger partial charge in [-0.3, -0.25) is 14.4 Å². The molecule has 2 rings (SSSR count). The molecule has 0 aliphatic rings. The van der Waals surface area contributed by atoms with Gasteiger partial charge in [0.1, 0.15) is 0 Å². The van der Waals surface area contributed by atoms with E-state index in [0.29, 0.717) is 18.7 Å². The van der Waals surface area contributed by atoms with Crippen molar-refractivity contribution in [2.45, 2.75) is 19.8 Å². The Morgan fingerprint density at radius 2 is 1.92 bits per heavy atom. The molecule has 0 aliphatic carbocycles. The highest BCUT2D eigenvalue weighted by atomic mass is 16.5. The average Bonchev–Trinajstić information content (AvgIpc) is 2.61. The molecule has 1 amide bonds. The van der Waals surface area contributed by atoms with Crippen LogP contribution in [0.2, 0.25) is 0 Å². The van der Waals surface area contributed by atoms with Crippen molar-refractivity contribution in [3.8, 4) is 5.69 Å². The van der Waals surface area contributed by atoms with Gasteiger partial charge in [0.15, 0.2) is 5.69 Å². The minimum absolute atomic E-state index is 0.143. The molecule has 132 valence electrons. The Morgan fingerprint density at radius 3 is 2.56 bits per heavy atom. The molecule has 0 bridgehead atoms. The van der Waals surface area contributed by atoms with E-state index in [1.165, 1.54) is 18.1 Å². The third-order valence-corrected chi connectivity index (χ3v) is 3.76. The Morgan fingerprint density at radius 1 is 1.24 bits per heavy atom. The van der Waals surface area contributed by atoms with E-state index in [9.17, 15) is 14.4 Å². The molecule has 0 radical (unpaired) electrons. The van der Waals surface area contributed by atoms with Gasteiger partial charge in [-0.1, -0.05) is 18.2 Å². The molecule has 2 aromatic rings. The number of amides is 1. The van der Waals surface area contributed by atoms with E-state index < -0.39 is 11.3 Å². The predicted molar refractivity (Wildman–Crippen MR) is 92.8 cm³/mol. The lowest BCUT2D eigenvalue weighted by Crippen LogP contribution is -2.34. The lowest BCUT2D eigenvalue weighted by atomic mass is 10.2. The first kappa shape index (κ1) is 18.4. The summed E-state index contributed by atoms with van der Waals surface area (Å²) >= 11 is 0. The molecule has 0 aliphatic heterocycles. The summed E-state index contributed by atoms with van der Waals surface area (Å²) in [6.45, 7) is 2.09. The number of carbonyl (C=O) groups excluding carboxylic acids is 2. The van der Waals surface area contributed by atoms with E-state index in [2.05, 4.69) is 9.84 Å². The van der Waals surface area contributed by atoms with Gasteiger partial charge in [0.05, 0.1) is 12.8 Å². The van der Waals surface area contributed by atoms with Crippen LogP contribution in [0.4, 0.5) is 0 Å². The molecule has 0 spiro atoms. The van der Waals surface area contributed by atoms with Crippen LogP contribution in [0.25, 0.3) is 5.69 Å². The van der Waals surface area contributed by atoms with Gasteiger partial charge in [0.25, 0.3) is 5.91 Å². The monoisotopic (exact) mass is 343 g/mol. The van der Waals surface area contributed by atoms with Crippen LogP contribution in [0.15, 0.2) is 41.2 Å². The summed E-state index contributed by atoms with van der Waals surface area (Å²) in [5.41, 5.74) is 0.841. The Bertz CT molecular complexity index is 815. The first-order valence-electron chi connectivity index (χ1n) is 7.92. The molecule has 1 aromatic carbocycles. The summed E-state index contributed by atoms with van der Waals surface area (Å²) in [7, 11) is 2.90. The molecule has 0 fully saturated rings. The number of hydrogen-bond donors (Lipinski definition) is 0. The summed E-state index contributed by atoms with van der Waals surface area (Å²) in [4.78, 5) is 37.3. The van der Waals surface area contributed by atoms with Crippen LogP contribution in [0.1, 0.15) is 29.0 Å². The van der Waals surface area contributed by atoms with Crippen LogP contribution in [-0.4, -0.2) is 47.3 Å². The Labute approximate surface area is 145 Å². The van der Waals surface area contributed by atoms with E-state index in [0.717, 1.165) is 5.69 Å². The average molecular weight is 343 g/mol. The Hall–Kier alpha value is -2.96. The van der Waals surface area contributed by atoms with Crippen LogP contribution < -0.4 is 5.43 Å². The molecule has 0 saturated carbocycles. The number of benzene rings is 1. The lowest BCUT2D eigenvalue weighted by Gasteiger charge is -2.17. The van der Waals surface area contributed by atoms with Crippen LogP contribution in [0.5, 0.6) is 0 Å². The summed E-state index contributed by atoms with van der Waals surface area (Å²) in [5, 5.41) is 4.24. The molecule has 0 unspecified atom stereocenters. The van der Waals surface area contributed by atoms with Gasteiger partial charge in [0.2, 0.25) is 5.43 Å². The van der Waals surface area contributed by atoms with Crippen LogP contribution in [0.3, 0.4) is 0 Å². The number of esters is 1. The van der Waals surface area contributed by atoms with Crippen molar-refractivity contribution >= 4 is 11.9 Å². The second-order valence-corrected chi connectivity index (χ2v) is 5.65. The molecule has 0 atom stereocenters. The van der Waals surface area contributed by atoms with Gasteiger partial charge < -0.3 is 9.64 Å². The third-order valence-electron chi connectivity index (χ3n) is 3.76. The number of rotatable bonds is 6. The number of para-hydroxylation sites is 1. The maximum Gasteiger partial charge on any atom is 0.305 e. The van der Waals surface area contributed by atoms with E-state index in [1.54, 1.807) is 18.7 Å². The second kappa shape index (κ2) is 8.23. The largest absolute Gasteiger partial charge is 0.469 e. The van der Waals surface area contributed by atoms with Crippen molar-refractivity contribution in [1.29, 1.82) is 0 Å². The maximum atomic E-state index is 12.5. The highest BCUT2D eigenvalue weighted by Gasteiger charge is 2.19. The molecule has 0 N–H and O–H groups in total. The SMILES string of the molecule is COC(=O)CCCN(C)C(=O)c1nn(-c2ccccc2)c(C)cc1=O. The highest BCUT2D eigenvalue weighted by molar-refractivity contribution is 5.91. The minimum Gasteiger partial charge on any atom is -0.469 e. The maximum absolute atomic E-state index is 12.5. The number of methoxy groups -OCH3 is 1. The van der Waals surface area contributed by atoms with Gasteiger partial charge in [-0.25, -0.2) is 4.68 Å². The molecule has 0 saturated heterocycles. The fraction of sp³-hybridized carbons (Fsp3) is 0.333. The fourth-order valence-electron chi connectivity index (χ4n) is 2.37. The molecular formula is C18H21N3O4. The van der Waals surface area contributed by atoms with Gasteiger partial charge >= 0.3 is 5.97 Å². The summed E-state index contributed by atoms with van der Waals surface area (Å²) in [5.74, 6) is -0.805. The standard InChI is InChI=1S/C18H21N3O4/c1-13-12-15(22)17(19-21(13)14-8-5-4-6-9-14)18(24)20(2)11-7-10-16(23)25-3/h4-6,8-9,12H,7,10-11H2,1-3H3. The molecule has 1 heterocycles. The van der Waals surface area contributed by atoms with Crippen LogP contribution in [-0.2, 0) is 9.53 Å². The lowest BCUT2D eigenvalue weighted by molar-refractivity contribution is -0.140. The molecule has 7 heteroatoms. The molecule has 25 heavy (non-hydrogen) atoms. The zero-order valence-electron chi connectivity index (χ0n) is 14.6. The van der Waals surface area contributed by atoms with E-state index in [1.807, 2.05) is 30.3 Å². The van der Waals surface area contributed by atoms with Crippen molar-refractivity contribution in [1.82, 2.24) is 14.7 Å². The zero-order valence-corrected chi connectivity index (χ0v) is 14.6. The van der Waals surface area contributed by atoms with Gasteiger partial charge in [-0.2, -0.15) is 5.10 Å². The predicted octanol–water partition coefficient (Wildman–Crippen LogP) is 1.57. The normalized spacial score (nSPS) is 10.4. The quantitative estimate of drug-likeness (QED) is 0.744.